The summed E-state index contributed by atoms with van der Waals surface area (Å²) in [5, 5.41) is 29.5. The first kappa shape index (κ1) is 37.5. The summed E-state index contributed by atoms with van der Waals surface area (Å²) in [4.78, 5) is 23.6. The van der Waals surface area contributed by atoms with E-state index in [1.165, 1.54) is 55.9 Å². The molecular weight excluding hydrogens is 546 g/mol. The minimum absolute atomic E-state index is 0. The molecule has 0 amide bonds. The zero-order valence-electron chi connectivity index (χ0n) is 22.7. The second-order valence-corrected chi connectivity index (χ2v) is 11.7. The Morgan fingerprint density at radius 1 is 0.950 bits per heavy atom. The number of fused-ring (bicyclic) bond motifs is 1. The molecule has 40 heavy (non-hydrogen) atoms. The van der Waals surface area contributed by atoms with Crippen LogP contribution in [0.25, 0.3) is 0 Å². The number of benzene rings is 2. The van der Waals surface area contributed by atoms with Crippen LogP contribution in [0.2, 0.25) is 0 Å². The van der Waals surface area contributed by atoms with Gasteiger partial charge < -0.3 is 20.1 Å². The molecule has 0 bridgehead atoms. The van der Waals surface area contributed by atoms with Gasteiger partial charge in [0.15, 0.2) is 0 Å². The van der Waals surface area contributed by atoms with Crippen LogP contribution in [0.3, 0.4) is 0 Å². The Morgan fingerprint density at radius 3 is 2.23 bits per heavy atom. The number of carbonyl (C=O) groups is 2. The van der Waals surface area contributed by atoms with Gasteiger partial charge in [0.2, 0.25) is 5.60 Å². The van der Waals surface area contributed by atoms with Gasteiger partial charge in [-0.1, -0.05) is 81.8 Å². The van der Waals surface area contributed by atoms with Gasteiger partial charge in [0.05, 0.1) is 16.2 Å². The predicted octanol–water partition coefficient (Wildman–Crippen LogP) is 5.91. The molecule has 0 spiro atoms. The van der Waals surface area contributed by atoms with Gasteiger partial charge in [0.25, 0.3) is 0 Å². The fourth-order valence-electron chi connectivity index (χ4n) is 4.93. The summed E-state index contributed by atoms with van der Waals surface area (Å²) in [6.45, 7) is 3.81. The van der Waals surface area contributed by atoms with E-state index < -0.39 is 23.6 Å². The van der Waals surface area contributed by atoms with Crippen molar-refractivity contribution in [2.45, 2.75) is 113 Å². The van der Waals surface area contributed by atoms with Gasteiger partial charge in [-0.25, -0.2) is 4.79 Å². The van der Waals surface area contributed by atoms with E-state index in [1.807, 2.05) is 18.2 Å². The summed E-state index contributed by atoms with van der Waals surface area (Å²) in [7, 11) is 0. The SMILES string of the molecule is CCCCCCCCCc1ccc(C(Sc2cccc3c2OC(C)(C(=O)O)C3)C(O)CCCC(=O)O)cc1.[NaH].[NaH]. The molecule has 1 aliphatic heterocycles. The molecule has 2 aromatic rings. The number of para-hydroxylation sites is 1. The fourth-order valence-corrected chi connectivity index (χ4v) is 6.23. The van der Waals surface area contributed by atoms with Crippen LogP contribution in [0.1, 0.15) is 100.0 Å². The number of rotatable bonds is 17. The number of carboxylic acids is 2. The Balaban J connectivity index is 0.00000400. The quantitative estimate of drug-likeness (QED) is 0.120. The van der Waals surface area contributed by atoms with Crippen LogP contribution in [0.5, 0.6) is 5.75 Å². The first-order valence-corrected chi connectivity index (χ1v) is 14.8. The summed E-state index contributed by atoms with van der Waals surface area (Å²) < 4.78 is 5.94. The van der Waals surface area contributed by atoms with Crippen LogP contribution in [0, 0.1) is 0 Å². The van der Waals surface area contributed by atoms with Crippen LogP contribution in [-0.4, -0.2) is 98.1 Å². The molecule has 6 nitrogen and oxygen atoms in total. The van der Waals surface area contributed by atoms with Crippen molar-refractivity contribution in [3.05, 3.63) is 59.2 Å². The topological polar surface area (TPSA) is 104 Å². The number of hydrogen-bond acceptors (Lipinski definition) is 5. The molecule has 0 aromatic heterocycles. The van der Waals surface area contributed by atoms with Crippen LogP contribution in [0.4, 0.5) is 0 Å². The second-order valence-electron chi connectivity index (χ2n) is 10.6. The maximum atomic E-state index is 11.8. The van der Waals surface area contributed by atoms with Gasteiger partial charge >= 0.3 is 71.1 Å². The summed E-state index contributed by atoms with van der Waals surface area (Å²) in [6, 6.07) is 14.0. The molecule has 0 radical (unpaired) electrons. The number of thioether (sulfide) groups is 1. The molecule has 0 saturated carbocycles. The van der Waals surface area contributed by atoms with Gasteiger partial charge in [-0.15, -0.1) is 11.8 Å². The van der Waals surface area contributed by atoms with Crippen LogP contribution in [0.15, 0.2) is 47.4 Å². The molecule has 1 aliphatic rings. The van der Waals surface area contributed by atoms with Crippen molar-refractivity contribution in [2.24, 2.45) is 0 Å². The van der Waals surface area contributed by atoms with Gasteiger partial charge in [-0.3, -0.25) is 4.79 Å². The molecule has 0 fully saturated rings. The number of aryl methyl sites for hydroxylation is 1. The third kappa shape index (κ3) is 11.3. The van der Waals surface area contributed by atoms with Crippen LogP contribution in [-0.2, 0) is 22.4 Å². The first-order chi connectivity index (χ1) is 18.2. The summed E-state index contributed by atoms with van der Waals surface area (Å²) in [5.41, 5.74) is 1.75. The van der Waals surface area contributed by atoms with E-state index >= 15 is 0 Å². The molecule has 3 N–H and O–H groups in total. The van der Waals surface area contributed by atoms with Crippen molar-refractivity contribution < 1.29 is 29.6 Å². The van der Waals surface area contributed by atoms with Crippen molar-refractivity contribution in [3.8, 4) is 5.75 Å². The van der Waals surface area contributed by atoms with E-state index in [0.717, 1.165) is 28.9 Å². The van der Waals surface area contributed by atoms with Gasteiger partial charge in [-0.2, -0.15) is 0 Å². The standard InChI is InChI=1S/C31H42O6S.2Na.2H/c1-3-4-5-6-7-8-9-12-22-17-19-23(20-18-22)29(25(32)14-11-16-27(33)34)38-26-15-10-13-24-21-31(2,30(35)36)37-28(24)26;;;;/h10,13,15,17-20,25,29,32H,3-9,11-12,14,16,21H2,1-2H3,(H,33,34)(H,35,36);;;;. The number of aliphatic hydroxyl groups is 1. The molecule has 3 unspecified atom stereocenters. The van der Waals surface area contributed by atoms with Gasteiger partial charge in [0.1, 0.15) is 5.75 Å². The van der Waals surface area contributed by atoms with Crippen molar-refractivity contribution in [3.63, 3.8) is 0 Å². The van der Waals surface area contributed by atoms with Crippen molar-refractivity contribution in [1.29, 1.82) is 0 Å². The monoisotopic (exact) mass is 590 g/mol. The van der Waals surface area contributed by atoms with E-state index in [1.54, 1.807) is 6.92 Å². The number of aliphatic hydroxyl groups excluding tert-OH is 1. The molecular formula is C31H44Na2O6S. The molecule has 3 atom stereocenters. The Kier molecular flexibility index (Phi) is 17.7. The van der Waals surface area contributed by atoms with E-state index in [0.29, 0.717) is 18.6 Å². The zero-order valence-corrected chi connectivity index (χ0v) is 23.5. The maximum absolute atomic E-state index is 11.8. The Bertz CT molecular complexity index is 1060. The predicted molar refractivity (Wildman–Crippen MR) is 165 cm³/mol. The molecule has 1 heterocycles. The van der Waals surface area contributed by atoms with E-state index in [4.69, 9.17) is 9.84 Å². The third-order valence-electron chi connectivity index (χ3n) is 7.24. The van der Waals surface area contributed by atoms with Crippen LogP contribution >= 0.6 is 11.8 Å². The van der Waals surface area contributed by atoms with Crippen LogP contribution < -0.4 is 4.74 Å². The van der Waals surface area contributed by atoms with Gasteiger partial charge in [-0.05, 0) is 55.4 Å². The fraction of sp³-hybridized carbons (Fsp3) is 0.548. The average molecular weight is 591 g/mol. The Morgan fingerprint density at radius 2 is 1.60 bits per heavy atom. The zero-order chi connectivity index (χ0) is 27.5. The number of carboxylic acid groups (broad SMARTS) is 2. The van der Waals surface area contributed by atoms with Crippen molar-refractivity contribution in [1.82, 2.24) is 0 Å². The number of aliphatic carboxylic acids is 2. The van der Waals surface area contributed by atoms with Crippen molar-refractivity contribution >= 4 is 82.8 Å². The van der Waals surface area contributed by atoms with Crippen molar-refractivity contribution in [2.75, 3.05) is 0 Å². The molecule has 0 saturated heterocycles. The summed E-state index contributed by atoms with van der Waals surface area (Å²) in [6.07, 6.45) is 10.2. The molecule has 3 rings (SSSR count). The number of unbranched alkanes of at least 4 members (excludes halogenated alkanes) is 6. The molecule has 2 aromatic carbocycles. The average Bonchev–Trinajstić information content (AvgIpc) is 3.25. The number of ether oxygens (including phenoxy) is 1. The summed E-state index contributed by atoms with van der Waals surface area (Å²) >= 11 is 1.45. The van der Waals surface area contributed by atoms with E-state index in [9.17, 15) is 19.8 Å². The molecule has 212 valence electrons. The second kappa shape index (κ2) is 18.9. The minimum atomic E-state index is -1.31. The Labute approximate surface area is 287 Å². The van der Waals surface area contributed by atoms with Gasteiger partial charge in [0, 0.05) is 12.8 Å². The first-order valence-electron chi connectivity index (χ1n) is 13.9. The third-order valence-corrected chi connectivity index (χ3v) is 8.65. The normalized spacial score (nSPS) is 17.1. The Hall–Kier alpha value is -0.510. The van der Waals surface area contributed by atoms with E-state index in [2.05, 4.69) is 31.2 Å². The van der Waals surface area contributed by atoms with E-state index in [-0.39, 0.29) is 77.2 Å². The molecule has 9 heteroatoms. The number of hydrogen-bond donors (Lipinski definition) is 3. The summed E-state index contributed by atoms with van der Waals surface area (Å²) in [5.74, 6) is -1.33. The molecule has 0 aliphatic carbocycles.